The number of ether oxygens (including phenoxy) is 2. The molecule has 8 heteroatoms. The smallest absolute Gasteiger partial charge is 0.331 e. The van der Waals surface area contributed by atoms with Gasteiger partial charge >= 0.3 is 5.69 Å². The van der Waals surface area contributed by atoms with Crippen LogP contribution in [0.5, 0.6) is 5.75 Å². The molecule has 0 N–H and O–H groups in total. The molecule has 0 unspecified atom stereocenters. The van der Waals surface area contributed by atoms with E-state index in [0.29, 0.717) is 29.1 Å². The predicted molar refractivity (Wildman–Crippen MR) is 124 cm³/mol. The van der Waals surface area contributed by atoms with Crippen LogP contribution in [0.25, 0.3) is 22.2 Å². The molecule has 7 nitrogen and oxygen atoms in total. The van der Waals surface area contributed by atoms with Crippen molar-refractivity contribution in [3.8, 4) is 17.0 Å². The van der Waals surface area contributed by atoms with E-state index in [1.54, 1.807) is 14.2 Å². The first-order valence-corrected chi connectivity index (χ1v) is 10.6. The lowest BCUT2D eigenvalue weighted by atomic mass is 10.0. The molecule has 164 valence electrons. The zero-order valence-electron chi connectivity index (χ0n) is 18.0. The van der Waals surface area contributed by atoms with Gasteiger partial charge in [0, 0.05) is 25.7 Å². The molecule has 2 aromatic carbocycles. The quantitative estimate of drug-likeness (QED) is 0.478. The monoisotopic (exact) mass is 451 g/mol. The third kappa shape index (κ3) is 3.00. The van der Waals surface area contributed by atoms with Crippen LogP contribution in [0.15, 0.2) is 58.1 Å². The van der Waals surface area contributed by atoms with Crippen LogP contribution >= 0.6 is 11.6 Å². The second-order valence-corrected chi connectivity index (χ2v) is 8.28. The Bertz CT molecular complexity index is 1450. The summed E-state index contributed by atoms with van der Waals surface area (Å²) in [6.07, 6.45) is -0.437. The van der Waals surface area contributed by atoms with Gasteiger partial charge in [-0.05, 0) is 47.5 Å². The summed E-state index contributed by atoms with van der Waals surface area (Å²) in [5.74, 6) is 0.728. The number of fused-ring (bicyclic) bond motifs is 3. The van der Waals surface area contributed by atoms with E-state index in [2.05, 4.69) is 4.57 Å². The average molecular weight is 452 g/mol. The van der Waals surface area contributed by atoms with Gasteiger partial charge in [0.2, 0.25) is 0 Å². The first kappa shape index (κ1) is 20.6. The van der Waals surface area contributed by atoms with Crippen molar-refractivity contribution < 1.29 is 9.47 Å². The van der Waals surface area contributed by atoms with Gasteiger partial charge in [0.15, 0.2) is 0 Å². The fourth-order valence-electron chi connectivity index (χ4n) is 4.52. The number of aromatic nitrogens is 3. The maximum Gasteiger partial charge on any atom is 0.331 e. The van der Waals surface area contributed by atoms with E-state index in [9.17, 15) is 9.59 Å². The molecular formula is C24H22ClN3O4. The van der Waals surface area contributed by atoms with E-state index in [1.165, 1.54) is 11.6 Å². The van der Waals surface area contributed by atoms with Gasteiger partial charge in [-0.3, -0.25) is 13.9 Å². The maximum absolute atomic E-state index is 13.4. The van der Waals surface area contributed by atoms with Crippen LogP contribution in [0.3, 0.4) is 0 Å². The number of benzene rings is 2. The van der Waals surface area contributed by atoms with Crippen molar-refractivity contribution >= 4 is 22.5 Å². The summed E-state index contributed by atoms with van der Waals surface area (Å²) in [7, 11) is 4.81. The van der Waals surface area contributed by atoms with E-state index in [-0.39, 0.29) is 11.2 Å². The molecule has 4 aromatic rings. The number of hydrogen-bond acceptors (Lipinski definition) is 4. The van der Waals surface area contributed by atoms with E-state index in [4.69, 9.17) is 21.1 Å². The minimum atomic E-state index is -0.437. The molecule has 0 saturated heterocycles. The highest BCUT2D eigenvalue weighted by Gasteiger charge is 2.33. The molecule has 1 aliphatic heterocycles. The SMILES string of the molecule is COc1ccc(-c2c3c(=O)n(C)c(=O)n(C)c3c3n2CCO[C@@H]3c2ccc(Cl)cc2)cc1. The highest BCUT2D eigenvalue weighted by atomic mass is 35.5. The van der Waals surface area contributed by atoms with E-state index in [0.717, 1.165) is 32.8 Å². The van der Waals surface area contributed by atoms with Crippen molar-refractivity contribution in [1.29, 1.82) is 0 Å². The molecule has 0 bridgehead atoms. The van der Waals surface area contributed by atoms with Crippen LogP contribution in [-0.4, -0.2) is 27.4 Å². The Morgan fingerprint density at radius 2 is 1.69 bits per heavy atom. The number of methoxy groups -OCH3 is 1. The van der Waals surface area contributed by atoms with Crippen molar-refractivity contribution in [2.45, 2.75) is 12.6 Å². The first-order chi connectivity index (χ1) is 15.4. The zero-order valence-corrected chi connectivity index (χ0v) is 18.7. The van der Waals surface area contributed by atoms with E-state index in [1.807, 2.05) is 48.5 Å². The number of aryl methyl sites for hydroxylation is 1. The number of nitrogens with zero attached hydrogens (tertiary/aromatic N) is 3. The van der Waals surface area contributed by atoms with E-state index >= 15 is 0 Å². The van der Waals surface area contributed by atoms with Crippen LogP contribution in [-0.2, 0) is 25.4 Å². The van der Waals surface area contributed by atoms with Crippen molar-refractivity contribution in [1.82, 2.24) is 13.7 Å². The second kappa shape index (κ2) is 7.69. The summed E-state index contributed by atoms with van der Waals surface area (Å²) < 4.78 is 16.3. The lowest BCUT2D eigenvalue weighted by molar-refractivity contribution is 0.0478. The molecule has 5 rings (SSSR count). The normalized spacial score (nSPS) is 15.7. The Kier molecular flexibility index (Phi) is 4.95. The lowest BCUT2D eigenvalue weighted by Crippen LogP contribution is -2.37. The Labute approximate surface area is 189 Å². The zero-order chi connectivity index (χ0) is 22.6. The second-order valence-electron chi connectivity index (χ2n) is 7.85. The van der Waals surface area contributed by atoms with Crippen LogP contribution in [0.1, 0.15) is 17.4 Å². The third-order valence-corrected chi connectivity index (χ3v) is 6.34. The van der Waals surface area contributed by atoms with Crippen LogP contribution in [0.2, 0.25) is 5.02 Å². The molecule has 1 aliphatic rings. The Hall–Kier alpha value is -3.29. The Morgan fingerprint density at radius 1 is 1.00 bits per heavy atom. The number of halogens is 1. The minimum absolute atomic E-state index is 0.328. The molecule has 2 aromatic heterocycles. The molecule has 1 atom stereocenters. The third-order valence-electron chi connectivity index (χ3n) is 6.09. The number of rotatable bonds is 3. The van der Waals surface area contributed by atoms with Crippen LogP contribution in [0, 0.1) is 0 Å². The molecule has 32 heavy (non-hydrogen) atoms. The van der Waals surface area contributed by atoms with Gasteiger partial charge in [-0.25, -0.2) is 4.79 Å². The summed E-state index contributed by atoms with van der Waals surface area (Å²) in [5, 5.41) is 1.13. The molecule has 0 radical (unpaired) electrons. The van der Waals surface area contributed by atoms with Crippen molar-refractivity contribution in [3.05, 3.63) is 85.6 Å². The van der Waals surface area contributed by atoms with Gasteiger partial charge in [-0.1, -0.05) is 23.7 Å². The summed E-state index contributed by atoms with van der Waals surface area (Å²) in [6, 6.07) is 15.0. The standard InChI is InChI=1S/C24H22ClN3O4/c1-26-20-18(23(29)27(2)24(26)30)19(14-6-10-17(31-3)11-7-14)28-12-13-32-22(21(20)28)15-4-8-16(25)9-5-15/h4-11,22H,12-13H2,1-3H3/t22-/m1/s1. The Morgan fingerprint density at radius 3 is 2.34 bits per heavy atom. The number of hydrogen-bond donors (Lipinski definition) is 0. The molecule has 0 saturated carbocycles. The fourth-order valence-corrected chi connectivity index (χ4v) is 4.65. The van der Waals surface area contributed by atoms with Gasteiger partial charge in [-0.15, -0.1) is 0 Å². The molecular weight excluding hydrogens is 430 g/mol. The van der Waals surface area contributed by atoms with Crippen molar-refractivity contribution in [2.24, 2.45) is 14.1 Å². The summed E-state index contributed by atoms with van der Waals surface area (Å²) >= 11 is 6.09. The summed E-state index contributed by atoms with van der Waals surface area (Å²) in [6.45, 7) is 1.03. The maximum atomic E-state index is 13.4. The van der Waals surface area contributed by atoms with Crippen molar-refractivity contribution in [3.63, 3.8) is 0 Å². The van der Waals surface area contributed by atoms with Gasteiger partial charge in [0.1, 0.15) is 11.9 Å². The van der Waals surface area contributed by atoms with Gasteiger partial charge < -0.3 is 14.0 Å². The van der Waals surface area contributed by atoms with E-state index < -0.39 is 6.10 Å². The van der Waals surface area contributed by atoms with Gasteiger partial charge in [-0.2, -0.15) is 0 Å². The highest BCUT2D eigenvalue weighted by Crippen LogP contribution is 2.40. The average Bonchev–Trinajstić information content (AvgIpc) is 3.17. The topological polar surface area (TPSA) is 67.4 Å². The fraction of sp³-hybridized carbons (Fsp3) is 0.250. The minimum Gasteiger partial charge on any atom is -0.497 e. The van der Waals surface area contributed by atoms with Crippen LogP contribution < -0.4 is 16.0 Å². The first-order valence-electron chi connectivity index (χ1n) is 10.3. The molecule has 0 spiro atoms. The van der Waals surface area contributed by atoms with Crippen molar-refractivity contribution in [2.75, 3.05) is 13.7 Å². The van der Waals surface area contributed by atoms with Crippen LogP contribution in [0.4, 0.5) is 0 Å². The molecule has 0 aliphatic carbocycles. The lowest BCUT2D eigenvalue weighted by Gasteiger charge is -2.27. The molecule has 0 amide bonds. The highest BCUT2D eigenvalue weighted by molar-refractivity contribution is 6.30. The largest absolute Gasteiger partial charge is 0.497 e. The van der Waals surface area contributed by atoms with Gasteiger partial charge in [0.25, 0.3) is 5.56 Å². The summed E-state index contributed by atoms with van der Waals surface area (Å²) in [5.41, 5.74) is 3.22. The van der Waals surface area contributed by atoms with Gasteiger partial charge in [0.05, 0.1) is 36.0 Å². The summed E-state index contributed by atoms with van der Waals surface area (Å²) in [4.78, 5) is 26.2. The molecule has 3 heterocycles. The molecule has 0 fully saturated rings. The predicted octanol–water partition coefficient (Wildman–Crippen LogP) is 3.49. The Balaban J connectivity index is 1.90.